The molecule has 0 saturated carbocycles. The Bertz CT molecular complexity index is 745. The Morgan fingerprint density at radius 3 is 2.90 bits per heavy atom. The van der Waals surface area contributed by atoms with Gasteiger partial charge in [-0.3, -0.25) is 0 Å². The second-order valence-electron chi connectivity index (χ2n) is 4.43. The summed E-state index contributed by atoms with van der Waals surface area (Å²) in [6.07, 6.45) is 3.57. The van der Waals surface area contributed by atoms with Crippen LogP contribution in [0.3, 0.4) is 0 Å². The lowest BCUT2D eigenvalue weighted by atomic mass is 10.0. The van der Waals surface area contributed by atoms with Crippen LogP contribution < -0.4 is 10.5 Å². The van der Waals surface area contributed by atoms with E-state index in [2.05, 4.69) is 10.1 Å². The molecule has 0 aliphatic rings. The number of anilines is 1. The molecule has 0 aliphatic carbocycles. The molecule has 2 heterocycles. The molecule has 2 aromatic heterocycles. The van der Waals surface area contributed by atoms with Crippen molar-refractivity contribution in [1.29, 1.82) is 0 Å². The first-order valence-corrected chi connectivity index (χ1v) is 6.07. The van der Waals surface area contributed by atoms with Crippen molar-refractivity contribution in [1.82, 2.24) is 14.7 Å². The van der Waals surface area contributed by atoms with Gasteiger partial charge in [-0.05, 0) is 17.7 Å². The smallest absolute Gasteiger partial charge is 0.230 e. The summed E-state index contributed by atoms with van der Waals surface area (Å²) in [5.41, 5.74) is 8.84. The summed E-state index contributed by atoms with van der Waals surface area (Å²) in [5, 5.41) is 4.01. The van der Waals surface area contributed by atoms with Crippen LogP contribution in [-0.4, -0.2) is 21.8 Å². The van der Waals surface area contributed by atoms with Gasteiger partial charge in [0, 0.05) is 13.2 Å². The van der Waals surface area contributed by atoms with Crippen LogP contribution in [0.2, 0.25) is 0 Å². The van der Waals surface area contributed by atoms with Crippen molar-refractivity contribution in [3.05, 3.63) is 36.8 Å². The molecule has 102 valence electrons. The van der Waals surface area contributed by atoms with Gasteiger partial charge in [-0.2, -0.15) is 0 Å². The van der Waals surface area contributed by atoms with Gasteiger partial charge in [-0.15, -0.1) is 0 Å². The largest absolute Gasteiger partial charge is 0.497 e. The quantitative estimate of drug-likeness (QED) is 0.790. The highest BCUT2D eigenvalue weighted by atomic mass is 16.5. The number of nitrogens with two attached hydrogens (primary N) is 1. The summed E-state index contributed by atoms with van der Waals surface area (Å²) in [5.74, 6) is 1.01. The number of rotatable bonds is 3. The van der Waals surface area contributed by atoms with Crippen LogP contribution in [0.1, 0.15) is 0 Å². The third-order valence-corrected chi connectivity index (χ3v) is 3.02. The number of nitrogens with zero attached hydrogens (tertiary/aromatic N) is 3. The number of methoxy groups -OCH3 is 1. The van der Waals surface area contributed by atoms with Crippen LogP contribution in [0.4, 0.5) is 5.88 Å². The van der Waals surface area contributed by atoms with E-state index in [1.807, 2.05) is 42.1 Å². The second kappa shape index (κ2) is 4.73. The lowest BCUT2D eigenvalue weighted by Crippen LogP contribution is -1.89. The lowest BCUT2D eigenvalue weighted by Gasteiger charge is -2.04. The first kappa shape index (κ1) is 12.3. The molecular formula is C14H14N4O2. The Morgan fingerprint density at radius 2 is 2.20 bits per heavy atom. The minimum Gasteiger partial charge on any atom is -0.497 e. The Labute approximate surface area is 115 Å². The van der Waals surface area contributed by atoms with Gasteiger partial charge in [0.25, 0.3) is 0 Å². The van der Waals surface area contributed by atoms with Gasteiger partial charge in [0.05, 0.1) is 19.0 Å². The number of aryl methyl sites for hydroxylation is 1. The number of imidazole rings is 1. The molecule has 2 N–H and O–H groups in total. The van der Waals surface area contributed by atoms with E-state index in [1.54, 1.807) is 13.4 Å². The van der Waals surface area contributed by atoms with Crippen LogP contribution in [-0.2, 0) is 7.05 Å². The maximum Gasteiger partial charge on any atom is 0.230 e. The predicted octanol–water partition coefficient (Wildman–Crippen LogP) is 2.33. The molecule has 0 atom stereocenters. The first-order chi connectivity index (χ1) is 9.69. The van der Waals surface area contributed by atoms with Crippen molar-refractivity contribution in [2.24, 2.45) is 7.05 Å². The summed E-state index contributed by atoms with van der Waals surface area (Å²) in [6.45, 7) is 0. The van der Waals surface area contributed by atoms with E-state index in [1.165, 1.54) is 0 Å². The Balaban J connectivity index is 2.15. The van der Waals surface area contributed by atoms with Crippen LogP contribution in [0.15, 0.2) is 41.3 Å². The highest BCUT2D eigenvalue weighted by molar-refractivity contribution is 5.85. The molecule has 6 heteroatoms. The van der Waals surface area contributed by atoms with Gasteiger partial charge in [0.1, 0.15) is 17.1 Å². The van der Waals surface area contributed by atoms with Crippen molar-refractivity contribution in [2.75, 3.05) is 12.8 Å². The van der Waals surface area contributed by atoms with E-state index in [0.717, 1.165) is 16.9 Å². The lowest BCUT2D eigenvalue weighted by molar-refractivity contribution is 0.415. The second-order valence-corrected chi connectivity index (χ2v) is 4.43. The highest BCUT2D eigenvalue weighted by Crippen LogP contribution is 2.36. The van der Waals surface area contributed by atoms with E-state index < -0.39 is 0 Å². The average molecular weight is 270 g/mol. The summed E-state index contributed by atoms with van der Waals surface area (Å²) < 4.78 is 12.2. The SMILES string of the molecule is COc1cccc(-c2c(-c3cn(C)cn3)noc2N)c1. The van der Waals surface area contributed by atoms with Crippen molar-refractivity contribution >= 4 is 5.88 Å². The molecule has 0 bridgehead atoms. The van der Waals surface area contributed by atoms with Crippen molar-refractivity contribution in [2.45, 2.75) is 0 Å². The number of nitrogen functional groups attached to an aromatic ring is 1. The number of ether oxygens (including phenoxy) is 1. The number of benzene rings is 1. The molecule has 0 radical (unpaired) electrons. The Hall–Kier alpha value is -2.76. The topological polar surface area (TPSA) is 79.1 Å². The molecule has 0 saturated heterocycles. The van der Waals surface area contributed by atoms with Crippen LogP contribution in [0, 0.1) is 0 Å². The van der Waals surface area contributed by atoms with Crippen molar-refractivity contribution in [3.8, 4) is 28.3 Å². The zero-order chi connectivity index (χ0) is 14.1. The number of aromatic nitrogens is 3. The summed E-state index contributed by atoms with van der Waals surface area (Å²) in [6, 6.07) is 7.57. The molecule has 0 fully saturated rings. The van der Waals surface area contributed by atoms with Crippen molar-refractivity contribution < 1.29 is 9.26 Å². The maximum atomic E-state index is 5.90. The molecule has 20 heavy (non-hydrogen) atoms. The monoisotopic (exact) mass is 270 g/mol. The normalized spacial score (nSPS) is 10.7. The fourth-order valence-electron chi connectivity index (χ4n) is 2.07. The molecule has 3 rings (SSSR count). The molecule has 6 nitrogen and oxygen atoms in total. The molecule has 0 aliphatic heterocycles. The third kappa shape index (κ3) is 2.01. The van der Waals surface area contributed by atoms with E-state index in [-0.39, 0.29) is 5.88 Å². The minimum absolute atomic E-state index is 0.263. The van der Waals surface area contributed by atoms with Crippen LogP contribution in [0.25, 0.3) is 22.5 Å². The fourth-order valence-corrected chi connectivity index (χ4v) is 2.07. The zero-order valence-electron chi connectivity index (χ0n) is 11.2. The summed E-state index contributed by atoms with van der Waals surface area (Å²) >= 11 is 0. The molecule has 0 amide bonds. The highest BCUT2D eigenvalue weighted by Gasteiger charge is 2.19. The molecule has 1 aromatic carbocycles. The standard InChI is InChI=1S/C14H14N4O2/c1-18-7-11(16-8-18)13-12(14(15)20-17-13)9-4-3-5-10(6-9)19-2/h3-8H,15H2,1-2H3. The fraction of sp³-hybridized carbons (Fsp3) is 0.143. The summed E-state index contributed by atoms with van der Waals surface area (Å²) in [7, 11) is 3.51. The van der Waals surface area contributed by atoms with Gasteiger partial charge in [-0.25, -0.2) is 4.98 Å². The van der Waals surface area contributed by atoms with Gasteiger partial charge < -0.3 is 19.6 Å². The molecule has 0 unspecified atom stereocenters. The van der Waals surface area contributed by atoms with Gasteiger partial charge >= 0.3 is 0 Å². The summed E-state index contributed by atoms with van der Waals surface area (Å²) in [4.78, 5) is 4.28. The van der Waals surface area contributed by atoms with Crippen LogP contribution in [0.5, 0.6) is 5.75 Å². The molecule has 0 spiro atoms. The zero-order valence-corrected chi connectivity index (χ0v) is 11.2. The van der Waals surface area contributed by atoms with Crippen LogP contribution >= 0.6 is 0 Å². The number of hydrogen-bond donors (Lipinski definition) is 1. The molecule has 3 aromatic rings. The van der Waals surface area contributed by atoms with E-state index in [0.29, 0.717) is 11.4 Å². The van der Waals surface area contributed by atoms with E-state index >= 15 is 0 Å². The van der Waals surface area contributed by atoms with Gasteiger partial charge in [0.15, 0.2) is 0 Å². The third-order valence-electron chi connectivity index (χ3n) is 3.02. The Morgan fingerprint density at radius 1 is 1.35 bits per heavy atom. The molecular weight excluding hydrogens is 256 g/mol. The maximum absolute atomic E-state index is 5.90. The first-order valence-electron chi connectivity index (χ1n) is 6.07. The van der Waals surface area contributed by atoms with Gasteiger partial charge in [0.2, 0.25) is 5.88 Å². The predicted molar refractivity (Wildman–Crippen MR) is 75.1 cm³/mol. The van der Waals surface area contributed by atoms with Gasteiger partial charge in [-0.1, -0.05) is 17.3 Å². The van der Waals surface area contributed by atoms with E-state index in [4.69, 9.17) is 15.0 Å². The number of hydrogen-bond acceptors (Lipinski definition) is 5. The van der Waals surface area contributed by atoms with E-state index in [9.17, 15) is 0 Å². The average Bonchev–Trinajstić information content (AvgIpc) is 3.05. The van der Waals surface area contributed by atoms with Crippen molar-refractivity contribution in [3.63, 3.8) is 0 Å². The Kier molecular flexibility index (Phi) is 2.90. The minimum atomic E-state index is 0.263.